The lowest BCUT2D eigenvalue weighted by Gasteiger charge is -2.23. The van der Waals surface area contributed by atoms with Crippen molar-refractivity contribution in [3.8, 4) is 6.01 Å². The summed E-state index contributed by atoms with van der Waals surface area (Å²) in [6.45, 7) is 5.70. The van der Waals surface area contributed by atoms with Crippen LogP contribution in [0.15, 0.2) is 30.5 Å². The molecule has 0 bridgehead atoms. The highest BCUT2D eigenvalue weighted by molar-refractivity contribution is 5.63. The van der Waals surface area contributed by atoms with E-state index in [0.717, 1.165) is 37.4 Å². The molecule has 28 heavy (non-hydrogen) atoms. The van der Waals surface area contributed by atoms with Gasteiger partial charge in [0.25, 0.3) is 0 Å². The Labute approximate surface area is 164 Å². The zero-order valence-corrected chi connectivity index (χ0v) is 16.9. The maximum atomic E-state index is 13.5. The third kappa shape index (κ3) is 6.11. The fourth-order valence-corrected chi connectivity index (χ4v) is 2.88. The minimum absolute atomic E-state index is 0.0689. The van der Waals surface area contributed by atoms with Gasteiger partial charge in [0, 0.05) is 18.9 Å². The van der Waals surface area contributed by atoms with Crippen molar-refractivity contribution in [2.24, 2.45) is 0 Å². The Hall–Kier alpha value is -2.31. The van der Waals surface area contributed by atoms with E-state index in [2.05, 4.69) is 16.9 Å². The Balaban J connectivity index is 2.32. The summed E-state index contributed by atoms with van der Waals surface area (Å²) in [5, 5.41) is 0. The van der Waals surface area contributed by atoms with Crippen LogP contribution >= 0.6 is 0 Å². The van der Waals surface area contributed by atoms with Crippen molar-refractivity contribution < 1.29 is 17.9 Å². The van der Waals surface area contributed by atoms with Gasteiger partial charge in [0.15, 0.2) is 5.82 Å². The number of aromatic nitrogens is 2. The van der Waals surface area contributed by atoms with Gasteiger partial charge in [-0.25, -0.2) is 4.98 Å². The Morgan fingerprint density at radius 2 is 1.89 bits per heavy atom. The summed E-state index contributed by atoms with van der Waals surface area (Å²) < 4.78 is 45.9. The number of unbranched alkanes of at least 4 members (excludes halogenated alkanes) is 3. The molecule has 0 fully saturated rings. The van der Waals surface area contributed by atoms with Crippen molar-refractivity contribution >= 4 is 11.5 Å². The highest BCUT2D eigenvalue weighted by atomic mass is 19.4. The second-order valence-corrected chi connectivity index (χ2v) is 7.09. The standard InChI is InChI=1S/C21H28F3N3O/c1-5-6-7-8-10-16-11-9-12-17(13-16)27(4)19-18(21(22,23)24)14-25-20(26-19)28-15(2)3/h9,11-15H,5-8,10H2,1-4H3. The highest BCUT2D eigenvalue weighted by Gasteiger charge is 2.36. The molecule has 0 N–H and O–H groups in total. The largest absolute Gasteiger partial charge is 0.461 e. The molecule has 0 spiro atoms. The second kappa shape index (κ2) is 9.75. The van der Waals surface area contributed by atoms with E-state index in [0.29, 0.717) is 5.69 Å². The Morgan fingerprint density at radius 3 is 2.54 bits per heavy atom. The van der Waals surface area contributed by atoms with Crippen LogP contribution in [0.5, 0.6) is 6.01 Å². The van der Waals surface area contributed by atoms with E-state index in [1.54, 1.807) is 27.0 Å². The number of benzene rings is 1. The quantitative estimate of drug-likeness (QED) is 0.476. The van der Waals surface area contributed by atoms with Crippen LogP contribution in [0.4, 0.5) is 24.7 Å². The highest BCUT2D eigenvalue weighted by Crippen LogP contribution is 2.38. The molecule has 0 unspecified atom stereocenters. The topological polar surface area (TPSA) is 38.2 Å². The molecule has 1 aromatic carbocycles. The summed E-state index contributed by atoms with van der Waals surface area (Å²) in [5.41, 5.74) is 0.855. The molecule has 0 saturated heterocycles. The van der Waals surface area contributed by atoms with Gasteiger partial charge in [0.1, 0.15) is 5.56 Å². The maximum Gasteiger partial charge on any atom is 0.421 e. The first-order valence-corrected chi connectivity index (χ1v) is 9.66. The van der Waals surface area contributed by atoms with Gasteiger partial charge in [-0.3, -0.25) is 0 Å². The monoisotopic (exact) mass is 395 g/mol. The average molecular weight is 395 g/mol. The molecule has 1 heterocycles. The zero-order chi connectivity index (χ0) is 20.7. The molecule has 0 aliphatic carbocycles. The number of halogens is 3. The maximum absolute atomic E-state index is 13.5. The van der Waals surface area contributed by atoms with Crippen LogP contribution in [0.1, 0.15) is 57.6 Å². The van der Waals surface area contributed by atoms with Crippen LogP contribution in [-0.2, 0) is 12.6 Å². The van der Waals surface area contributed by atoms with Crippen molar-refractivity contribution in [2.45, 2.75) is 65.2 Å². The Morgan fingerprint density at radius 1 is 1.14 bits per heavy atom. The number of aryl methyl sites for hydroxylation is 1. The number of nitrogens with zero attached hydrogens (tertiary/aromatic N) is 3. The molecule has 0 amide bonds. The lowest BCUT2D eigenvalue weighted by atomic mass is 10.1. The minimum atomic E-state index is -4.56. The van der Waals surface area contributed by atoms with Gasteiger partial charge in [0.05, 0.1) is 6.10 Å². The predicted octanol–water partition coefficient (Wildman–Crippen LogP) is 6.17. The van der Waals surface area contributed by atoms with Gasteiger partial charge in [-0.2, -0.15) is 18.2 Å². The molecule has 1 aromatic heterocycles. The van der Waals surface area contributed by atoms with Gasteiger partial charge in [-0.05, 0) is 44.4 Å². The molecular formula is C21H28F3N3O. The van der Waals surface area contributed by atoms with Gasteiger partial charge >= 0.3 is 12.2 Å². The second-order valence-electron chi connectivity index (χ2n) is 7.09. The first-order valence-electron chi connectivity index (χ1n) is 9.66. The number of anilines is 2. The van der Waals surface area contributed by atoms with Crippen molar-refractivity contribution in [1.82, 2.24) is 9.97 Å². The Kier molecular flexibility index (Phi) is 7.66. The fraction of sp³-hybridized carbons (Fsp3) is 0.524. The molecular weight excluding hydrogens is 367 g/mol. The number of rotatable bonds is 9. The van der Waals surface area contributed by atoms with Crippen LogP contribution in [0.2, 0.25) is 0 Å². The molecule has 0 saturated carbocycles. The smallest absolute Gasteiger partial charge is 0.421 e. The Bertz CT molecular complexity index is 763. The van der Waals surface area contributed by atoms with E-state index in [9.17, 15) is 13.2 Å². The lowest BCUT2D eigenvalue weighted by Crippen LogP contribution is -2.20. The van der Waals surface area contributed by atoms with Gasteiger partial charge < -0.3 is 9.64 Å². The normalized spacial score (nSPS) is 11.7. The molecule has 154 valence electrons. The molecule has 0 aliphatic rings. The number of alkyl halides is 3. The summed E-state index contributed by atoms with van der Waals surface area (Å²) in [6, 6.07) is 7.49. The average Bonchev–Trinajstić information content (AvgIpc) is 2.63. The number of hydrogen-bond acceptors (Lipinski definition) is 4. The van der Waals surface area contributed by atoms with Crippen LogP contribution in [0.25, 0.3) is 0 Å². The van der Waals surface area contributed by atoms with Crippen LogP contribution in [0.3, 0.4) is 0 Å². The van der Waals surface area contributed by atoms with Gasteiger partial charge in [0.2, 0.25) is 0 Å². The third-order valence-corrected chi connectivity index (χ3v) is 4.33. The molecule has 0 radical (unpaired) electrons. The van der Waals surface area contributed by atoms with Crippen LogP contribution in [-0.4, -0.2) is 23.1 Å². The first-order chi connectivity index (χ1) is 13.2. The van der Waals surface area contributed by atoms with Crippen molar-refractivity contribution in [2.75, 3.05) is 11.9 Å². The summed E-state index contributed by atoms with van der Waals surface area (Å²) in [5.74, 6) is -0.221. The van der Waals surface area contributed by atoms with Crippen molar-refractivity contribution in [3.63, 3.8) is 0 Å². The molecule has 2 rings (SSSR count). The van der Waals surface area contributed by atoms with Crippen LogP contribution < -0.4 is 9.64 Å². The van der Waals surface area contributed by atoms with Gasteiger partial charge in [-0.1, -0.05) is 38.3 Å². The summed E-state index contributed by atoms with van der Waals surface area (Å²) in [6.07, 6.45) is 1.46. The number of ether oxygens (including phenoxy) is 1. The number of hydrogen-bond donors (Lipinski definition) is 0. The minimum Gasteiger partial charge on any atom is -0.461 e. The van der Waals surface area contributed by atoms with E-state index in [1.807, 2.05) is 18.2 Å². The van der Waals surface area contributed by atoms with E-state index in [4.69, 9.17) is 4.74 Å². The molecule has 0 atom stereocenters. The van der Waals surface area contributed by atoms with Crippen molar-refractivity contribution in [3.05, 3.63) is 41.6 Å². The molecule has 2 aromatic rings. The van der Waals surface area contributed by atoms with Crippen molar-refractivity contribution in [1.29, 1.82) is 0 Å². The predicted molar refractivity (Wildman–Crippen MR) is 105 cm³/mol. The van der Waals surface area contributed by atoms with E-state index in [1.165, 1.54) is 11.3 Å². The summed E-state index contributed by atoms with van der Waals surface area (Å²) in [7, 11) is 1.58. The molecule has 7 heteroatoms. The van der Waals surface area contributed by atoms with E-state index in [-0.39, 0.29) is 17.9 Å². The van der Waals surface area contributed by atoms with Gasteiger partial charge in [-0.15, -0.1) is 0 Å². The lowest BCUT2D eigenvalue weighted by molar-refractivity contribution is -0.137. The summed E-state index contributed by atoms with van der Waals surface area (Å²) >= 11 is 0. The van der Waals surface area contributed by atoms with E-state index >= 15 is 0 Å². The molecule has 0 aliphatic heterocycles. The third-order valence-electron chi connectivity index (χ3n) is 4.33. The SMILES string of the molecule is CCCCCCc1cccc(N(C)c2nc(OC(C)C)ncc2C(F)(F)F)c1. The fourth-order valence-electron chi connectivity index (χ4n) is 2.88. The first kappa shape index (κ1) is 22.0. The molecule has 4 nitrogen and oxygen atoms in total. The summed E-state index contributed by atoms with van der Waals surface area (Å²) in [4.78, 5) is 9.20. The van der Waals surface area contributed by atoms with Crippen LogP contribution in [0, 0.1) is 0 Å². The van der Waals surface area contributed by atoms with E-state index < -0.39 is 11.7 Å². The zero-order valence-electron chi connectivity index (χ0n) is 16.9.